The molecule has 0 saturated carbocycles. The lowest BCUT2D eigenvalue weighted by Crippen LogP contribution is -2.37. The molecule has 0 unspecified atom stereocenters. The van der Waals surface area contributed by atoms with E-state index in [9.17, 15) is 9.59 Å². The Morgan fingerprint density at radius 2 is 1.72 bits per heavy atom. The van der Waals surface area contributed by atoms with Crippen molar-refractivity contribution in [1.82, 2.24) is 4.90 Å². The molecule has 0 aromatic heterocycles. The van der Waals surface area contributed by atoms with Crippen molar-refractivity contribution in [2.75, 3.05) is 25.5 Å². The Morgan fingerprint density at radius 1 is 1.08 bits per heavy atom. The molecule has 0 radical (unpaired) electrons. The zero-order valence-electron chi connectivity index (χ0n) is 14.5. The van der Waals surface area contributed by atoms with E-state index in [-0.39, 0.29) is 25.0 Å². The normalized spacial score (nSPS) is 10.2. The lowest BCUT2D eigenvalue weighted by molar-refractivity contribution is -0.135. The van der Waals surface area contributed by atoms with Gasteiger partial charge >= 0.3 is 0 Å². The van der Waals surface area contributed by atoms with Gasteiger partial charge in [-0.25, -0.2) is 0 Å². The van der Waals surface area contributed by atoms with Gasteiger partial charge in [-0.15, -0.1) is 0 Å². The lowest BCUT2D eigenvalue weighted by Gasteiger charge is -2.17. The highest BCUT2D eigenvalue weighted by Gasteiger charge is 2.14. The number of benzene rings is 2. The number of amides is 2. The number of ether oxygens (including phenoxy) is 1. The number of anilines is 1. The van der Waals surface area contributed by atoms with Crippen LogP contribution in [0.2, 0.25) is 5.02 Å². The van der Waals surface area contributed by atoms with Gasteiger partial charge in [0.05, 0.1) is 11.6 Å². The maximum Gasteiger partial charge on any atom is 0.260 e. The smallest absolute Gasteiger partial charge is 0.260 e. The van der Waals surface area contributed by atoms with Crippen LogP contribution in [-0.4, -0.2) is 36.9 Å². The third kappa shape index (κ3) is 5.80. The van der Waals surface area contributed by atoms with Crippen LogP contribution in [0.1, 0.15) is 11.1 Å². The van der Waals surface area contributed by atoms with Crippen LogP contribution in [-0.2, 0) is 9.59 Å². The number of rotatable bonds is 6. The minimum absolute atomic E-state index is 0.0579. The van der Waals surface area contributed by atoms with Crippen LogP contribution < -0.4 is 10.1 Å². The molecule has 25 heavy (non-hydrogen) atoms. The minimum Gasteiger partial charge on any atom is -0.482 e. The molecule has 0 bridgehead atoms. The van der Waals surface area contributed by atoms with Crippen molar-refractivity contribution in [2.45, 2.75) is 13.8 Å². The first-order chi connectivity index (χ1) is 11.8. The first-order valence-electron chi connectivity index (χ1n) is 7.84. The summed E-state index contributed by atoms with van der Waals surface area (Å²) < 4.78 is 5.46. The molecule has 0 atom stereocenters. The monoisotopic (exact) mass is 360 g/mol. The summed E-state index contributed by atoms with van der Waals surface area (Å²) in [5, 5.41) is 3.19. The van der Waals surface area contributed by atoms with E-state index in [0.717, 1.165) is 11.1 Å². The topological polar surface area (TPSA) is 58.6 Å². The zero-order chi connectivity index (χ0) is 18.4. The highest BCUT2D eigenvalue weighted by molar-refractivity contribution is 6.32. The van der Waals surface area contributed by atoms with Gasteiger partial charge in [-0.2, -0.15) is 0 Å². The Kier molecular flexibility index (Phi) is 6.42. The second-order valence-electron chi connectivity index (χ2n) is 5.89. The fourth-order valence-corrected chi connectivity index (χ4v) is 2.28. The Labute approximate surface area is 152 Å². The Bertz CT molecular complexity index is 760. The number of hydrogen-bond donors (Lipinski definition) is 1. The molecule has 2 amide bonds. The highest BCUT2D eigenvalue weighted by Crippen LogP contribution is 2.25. The largest absolute Gasteiger partial charge is 0.482 e. The maximum absolute atomic E-state index is 12.1. The molecular formula is C19H21ClN2O3. The third-order valence-electron chi connectivity index (χ3n) is 3.58. The van der Waals surface area contributed by atoms with E-state index in [0.29, 0.717) is 16.5 Å². The summed E-state index contributed by atoms with van der Waals surface area (Å²) in [7, 11) is 1.55. The molecule has 0 aliphatic carbocycles. The van der Waals surface area contributed by atoms with E-state index >= 15 is 0 Å². The minimum atomic E-state index is -0.309. The lowest BCUT2D eigenvalue weighted by atomic mass is 10.2. The maximum atomic E-state index is 12.1. The van der Waals surface area contributed by atoms with Crippen molar-refractivity contribution in [3.05, 3.63) is 58.6 Å². The van der Waals surface area contributed by atoms with Gasteiger partial charge < -0.3 is 15.0 Å². The number of likely N-dealkylation sites (N-methyl/N-ethyl adjacent to an activating group) is 1. The molecule has 0 fully saturated rings. The van der Waals surface area contributed by atoms with Crippen molar-refractivity contribution < 1.29 is 14.3 Å². The molecule has 6 heteroatoms. The van der Waals surface area contributed by atoms with Crippen molar-refractivity contribution in [2.24, 2.45) is 0 Å². The molecule has 132 valence electrons. The molecule has 0 aliphatic rings. The summed E-state index contributed by atoms with van der Waals surface area (Å²) in [5.41, 5.74) is 2.79. The molecule has 0 saturated heterocycles. The van der Waals surface area contributed by atoms with Gasteiger partial charge in [0.25, 0.3) is 5.91 Å². The fraction of sp³-hybridized carbons (Fsp3) is 0.263. The Hall–Kier alpha value is -2.53. The van der Waals surface area contributed by atoms with E-state index in [1.54, 1.807) is 19.2 Å². The van der Waals surface area contributed by atoms with Crippen LogP contribution in [0.4, 0.5) is 5.69 Å². The van der Waals surface area contributed by atoms with Crippen LogP contribution in [0.15, 0.2) is 42.5 Å². The molecule has 0 heterocycles. The van der Waals surface area contributed by atoms with E-state index in [1.165, 1.54) is 4.90 Å². The molecule has 0 aliphatic heterocycles. The van der Waals surface area contributed by atoms with E-state index < -0.39 is 0 Å². The summed E-state index contributed by atoms with van der Waals surface area (Å²) in [4.78, 5) is 25.5. The summed E-state index contributed by atoms with van der Waals surface area (Å²) in [6.07, 6.45) is 0. The highest BCUT2D eigenvalue weighted by atomic mass is 35.5. The van der Waals surface area contributed by atoms with E-state index in [1.807, 2.05) is 44.2 Å². The van der Waals surface area contributed by atoms with Crippen LogP contribution in [0, 0.1) is 13.8 Å². The van der Waals surface area contributed by atoms with Crippen molar-refractivity contribution >= 4 is 29.1 Å². The number of halogens is 1. The van der Waals surface area contributed by atoms with Gasteiger partial charge in [-0.05, 0) is 43.7 Å². The first kappa shape index (κ1) is 18.8. The van der Waals surface area contributed by atoms with E-state index in [2.05, 4.69) is 5.32 Å². The van der Waals surface area contributed by atoms with Crippen molar-refractivity contribution in [3.63, 3.8) is 0 Å². The average molecular weight is 361 g/mol. The van der Waals surface area contributed by atoms with Crippen LogP contribution in [0.3, 0.4) is 0 Å². The van der Waals surface area contributed by atoms with Crippen molar-refractivity contribution in [1.29, 1.82) is 0 Å². The third-order valence-corrected chi connectivity index (χ3v) is 3.89. The fourth-order valence-electron chi connectivity index (χ4n) is 2.11. The first-order valence-corrected chi connectivity index (χ1v) is 8.22. The van der Waals surface area contributed by atoms with Crippen LogP contribution in [0.25, 0.3) is 0 Å². The van der Waals surface area contributed by atoms with Gasteiger partial charge in [0, 0.05) is 12.7 Å². The number of aryl methyl sites for hydroxylation is 2. The number of nitrogens with zero attached hydrogens (tertiary/aromatic N) is 1. The molecule has 0 spiro atoms. The van der Waals surface area contributed by atoms with Crippen LogP contribution in [0.5, 0.6) is 5.75 Å². The summed E-state index contributed by atoms with van der Waals surface area (Å²) in [5.74, 6) is -0.127. The van der Waals surface area contributed by atoms with Gasteiger partial charge in [-0.1, -0.05) is 35.4 Å². The number of hydrogen-bond acceptors (Lipinski definition) is 3. The summed E-state index contributed by atoms with van der Waals surface area (Å²) >= 11 is 6.03. The standard InChI is InChI=1S/C19H21ClN2O3/c1-13-4-7-15(8-5-13)21-18(23)11-22(3)19(24)12-25-17-10-14(2)6-9-16(17)20/h4-10H,11-12H2,1-3H3,(H,21,23). The molecule has 2 aromatic rings. The number of carbonyl (C=O) groups is 2. The van der Waals surface area contributed by atoms with Crippen molar-refractivity contribution in [3.8, 4) is 5.75 Å². The number of nitrogens with one attached hydrogen (secondary N) is 1. The molecule has 2 aromatic carbocycles. The predicted molar refractivity (Wildman–Crippen MR) is 99.1 cm³/mol. The predicted octanol–water partition coefficient (Wildman–Crippen LogP) is 3.43. The van der Waals surface area contributed by atoms with Crippen LogP contribution >= 0.6 is 11.6 Å². The average Bonchev–Trinajstić information content (AvgIpc) is 2.57. The van der Waals surface area contributed by atoms with Gasteiger partial charge in [0.1, 0.15) is 5.75 Å². The molecule has 5 nitrogen and oxygen atoms in total. The van der Waals surface area contributed by atoms with E-state index in [4.69, 9.17) is 16.3 Å². The second-order valence-corrected chi connectivity index (χ2v) is 6.29. The molecule has 1 N–H and O–H groups in total. The second kappa shape index (κ2) is 8.53. The van der Waals surface area contributed by atoms with Gasteiger partial charge in [0.15, 0.2) is 6.61 Å². The van der Waals surface area contributed by atoms with Gasteiger partial charge in [0.2, 0.25) is 5.91 Å². The number of carbonyl (C=O) groups excluding carboxylic acids is 2. The zero-order valence-corrected chi connectivity index (χ0v) is 15.3. The Morgan fingerprint density at radius 3 is 2.40 bits per heavy atom. The summed E-state index contributed by atoms with van der Waals surface area (Å²) in [6.45, 7) is 3.64. The molecular weight excluding hydrogens is 340 g/mol. The summed E-state index contributed by atoms with van der Waals surface area (Å²) in [6, 6.07) is 12.8. The van der Waals surface area contributed by atoms with Gasteiger partial charge in [-0.3, -0.25) is 9.59 Å². The SMILES string of the molecule is Cc1ccc(NC(=O)CN(C)C(=O)COc2cc(C)ccc2Cl)cc1. The quantitative estimate of drug-likeness (QED) is 0.858. The Balaban J connectivity index is 1.84. The molecule has 2 rings (SSSR count).